The Labute approximate surface area is 148 Å². The number of aliphatic hydroxyl groups is 1. The molecule has 4 nitrogen and oxygen atoms in total. The SMILES string of the molecule is CCc1ccc(O)c(C(=O)N2CCC(C(O)c3ccccc3)CC2)c1. The molecule has 1 aliphatic heterocycles. The largest absolute Gasteiger partial charge is 0.507 e. The van der Waals surface area contributed by atoms with E-state index < -0.39 is 6.10 Å². The van der Waals surface area contributed by atoms with Crippen molar-refractivity contribution >= 4 is 5.91 Å². The molecule has 132 valence electrons. The van der Waals surface area contributed by atoms with Crippen LogP contribution in [-0.2, 0) is 6.42 Å². The highest BCUT2D eigenvalue weighted by molar-refractivity contribution is 5.97. The van der Waals surface area contributed by atoms with Crippen LogP contribution in [0.3, 0.4) is 0 Å². The van der Waals surface area contributed by atoms with Crippen molar-refractivity contribution in [3.63, 3.8) is 0 Å². The van der Waals surface area contributed by atoms with E-state index in [-0.39, 0.29) is 17.6 Å². The number of carbonyl (C=O) groups excluding carboxylic acids is 1. The topological polar surface area (TPSA) is 60.8 Å². The van der Waals surface area contributed by atoms with Crippen LogP contribution >= 0.6 is 0 Å². The average Bonchev–Trinajstić information content (AvgIpc) is 2.68. The highest BCUT2D eigenvalue weighted by Gasteiger charge is 2.29. The quantitative estimate of drug-likeness (QED) is 0.896. The Kier molecular flexibility index (Phi) is 5.39. The summed E-state index contributed by atoms with van der Waals surface area (Å²) in [4.78, 5) is 14.5. The highest BCUT2D eigenvalue weighted by Crippen LogP contribution is 2.31. The molecular formula is C21H25NO3. The van der Waals surface area contributed by atoms with E-state index in [1.165, 1.54) is 0 Å². The van der Waals surface area contributed by atoms with Crippen molar-refractivity contribution in [1.82, 2.24) is 4.90 Å². The third-order valence-corrected chi connectivity index (χ3v) is 5.11. The van der Waals surface area contributed by atoms with E-state index in [2.05, 4.69) is 0 Å². The molecule has 25 heavy (non-hydrogen) atoms. The minimum absolute atomic E-state index is 0.0358. The van der Waals surface area contributed by atoms with Gasteiger partial charge in [-0.15, -0.1) is 0 Å². The summed E-state index contributed by atoms with van der Waals surface area (Å²) in [7, 11) is 0. The Balaban J connectivity index is 1.65. The van der Waals surface area contributed by atoms with Gasteiger partial charge in [-0.3, -0.25) is 4.79 Å². The second kappa shape index (κ2) is 7.70. The molecule has 0 aromatic heterocycles. The van der Waals surface area contributed by atoms with Gasteiger partial charge in [0.1, 0.15) is 5.75 Å². The molecule has 1 aliphatic rings. The molecule has 1 heterocycles. The third-order valence-electron chi connectivity index (χ3n) is 5.11. The monoisotopic (exact) mass is 339 g/mol. The van der Waals surface area contributed by atoms with E-state index in [1.807, 2.05) is 43.3 Å². The fourth-order valence-corrected chi connectivity index (χ4v) is 3.49. The van der Waals surface area contributed by atoms with Gasteiger partial charge in [-0.25, -0.2) is 0 Å². The molecular weight excluding hydrogens is 314 g/mol. The van der Waals surface area contributed by atoms with Crippen molar-refractivity contribution < 1.29 is 15.0 Å². The number of benzene rings is 2. The number of likely N-dealkylation sites (tertiary alicyclic amines) is 1. The van der Waals surface area contributed by atoms with Crippen LogP contribution in [0.4, 0.5) is 0 Å². The molecule has 0 bridgehead atoms. The number of hydrogen-bond donors (Lipinski definition) is 2. The van der Waals surface area contributed by atoms with Gasteiger partial charge in [-0.05, 0) is 48.4 Å². The summed E-state index contributed by atoms with van der Waals surface area (Å²) in [6.45, 7) is 3.23. The van der Waals surface area contributed by atoms with E-state index in [9.17, 15) is 15.0 Å². The first-order valence-electron chi connectivity index (χ1n) is 8.94. The lowest BCUT2D eigenvalue weighted by atomic mass is 9.87. The van der Waals surface area contributed by atoms with E-state index in [1.54, 1.807) is 17.0 Å². The summed E-state index contributed by atoms with van der Waals surface area (Å²) >= 11 is 0. The molecule has 0 spiro atoms. The Morgan fingerprint density at radius 2 is 1.84 bits per heavy atom. The van der Waals surface area contributed by atoms with E-state index in [0.717, 1.165) is 30.4 Å². The number of aliphatic hydroxyl groups excluding tert-OH is 1. The smallest absolute Gasteiger partial charge is 0.257 e. The maximum Gasteiger partial charge on any atom is 0.257 e. The Morgan fingerprint density at radius 3 is 2.48 bits per heavy atom. The number of phenols is 1. The van der Waals surface area contributed by atoms with Gasteiger partial charge in [-0.2, -0.15) is 0 Å². The summed E-state index contributed by atoms with van der Waals surface area (Å²) in [5.74, 6) is 0.0658. The molecule has 1 fully saturated rings. The van der Waals surface area contributed by atoms with Crippen LogP contribution in [0.2, 0.25) is 0 Å². The highest BCUT2D eigenvalue weighted by atomic mass is 16.3. The molecule has 4 heteroatoms. The van der Waals surface area contributed by atoms with Crippen LogP contribution in [0, 0.1) is 5.92 Å². The second-order valence-corrected chi connectivity index (χ2v) is 6.69. The Morgan fingerprint density at radius 1 is 1.16 bits per heavy atom. The lowest BCUT2D eigenvalue weighted by Gasteiger charge is -2.34. The fraction of sp³-hybridized carbons (Fsp3) is 0.381. The van der Waals surface area contributed by atoms with Crippen LogP contribution in [0.15, 0.2) is 48.5 Å². The predicted octanol–water partition coefficient (Wildman–Crippen LogP) is 3.54. The molecule has 0 radical (unpaired) electrons. The first-order chi connectivity index (χ1) is 12.1. The van der Waals surface area contributed by atoms with Gasteiger partial charge in [0.05, 0.1) is 11.7 Å². The van der Waals surface area contributed by atoms with Gasteiger partial charge in [0.25, 0.3) is 5.91 Å². The molecule has 3 rings (SSSR count). The molecule has 1 amide bonds. The van der Waals surface area contributed by atoms with Gasteiger partial charge in [-0.1, -0.05) is 43.3 Å². The van der Waals surface area contributed by atoms with Crippen molar-refractivity contribution in [2.24, 2.45) is 5.92 Å². The summed E-state index contributed by atoms with van der Waals surface area (Å²) < 4.78 is 0. The zero-order chi connectivity index (χ0) is 17.8. The van der Waals surface area contributed by atoms with Gasteiger partial charge in [0.15, 0.2) is 0 Å². The molecule has 2 aromatic carbocycles. The molecule has 0 aliphatic carbocycles. The first-order valence-corrected chi connectivity index (χ1v) is 8.94. The zero-order valence-electron chi connectivity index (χ0n) is 14.6. The van der Waals surface area contributed by atoms with E-state index in [4.69, 9.17) is 0 Å². The Hall–Kier alpha value is -2.33. The van der Waals surface area contributed by atoms with Crippen LogP contribution in [0.5, 0.6) is 5.75 Å². The number of hydrogen-bond acceptors (Lipinski definition) is 3. The summed E-state index contributed by atoms with van der Waals surface area (Å²) in [6.07, 6.45) is 1.85. The van der Waals surface area contributed by atoms with Crippen molar-refractivity contribution in [3.05, 3.63) is 65.2 Å². The summed E-state index contributed by atoms with van der Waals surface area (Å²) in [5.41, 5.74) is 2.34. The predicted molar refractivity (Wildman–Crippen MR) is 97.5 cm³/mol. The normalized spacial score (nSPS) is 16.6. The number of phenolic OH excluding ortho intramolecular Hbond substituents is 1. The molecule has 1 atom stereocenters. The maximum atomic E-state index is 12.7. The van der Waals surface area contributed by atoms with Crippen molar-refractivity contribution in [2.75, 3.05) is 13.1 Å². The number of rotatable bonds is 4. The van der Waals surface area contributed by atoms with Crippen LogP contribution in [0.1, 0.15) is 47.4 Å². The standard InChI is InChI=1S/C21H25NO3/c1-2-15-8-9-19(23)18(14-15)21(25)22-12-10-17(11-13-22)20(24)16-6-4-3-5-7-16/h3-9,14,17,20,23-24H,2,10-13H2,1H3. The minimum atomic E-state index is -0.490. The van der Waals surface area contributed by atoms with Gasteiger partial charge < -0.3 is 15.1 Å². The van der Waals surface area contributed by atoms with E-state index >= 15 is 0 Å². The number of aromatic hydroxyl groups is 1. The third kappa shape index (κ3) is 3.85. The van der Waals surface area contributed by atoms with E-state index in [0.29, 0.717) is 18.7 Å². The van der Waals surface area contributed by atoms with Crippen molar-refractivity contribution in [2.45, 2.75) is 32.3 Å². The van der Waals surface area contributed by atoms with Gasteiger partial charge >= 0.3 is 0 Å². The Bertz CT molecular complexity index is 721. The first kappa shape index (κ1) is 17.5. The van der Waals surface area contributed by atoms with Crippen molar-refractivity contribution in [3.8, 4) is 5.75 Å². The van der Waals surface area contributed by atoms with Crippen LogP contribution < -0.4 is 0 Å². The number of piperidine rings is 1. The molecule has 0 saturated carbocycles. The van der Waals surface area contributed by atoms with Crippen LogP contribution in [-0.4, -0.2) is 34.1 Å². The minimum Gasteiger partial charge on any atom is -0.507 e. The number of aryl methyl sites for hydroxylation is 1. The lowest BCUT2D eigenvalue weighted by Crippen LogP contribution is -2.39. The molecule has 2 N–H and O–H groups in total. The molecule has 1 saturated heterocycles. The van der Waals surface area contributed by atoms with Gasteiger partial charge in [0, 0.05) is 13.1 Å². The second-order valence-electron chi connectivity index (χ2n) is 6.69. The fourth-order valence-electron chi connectivity index (χ4n) is 3.49. The number of nitrogens with zero attached hydrogens (tertiary/aromatic N) is 1. The number of amides is 1. The zero-order valence-corrected chi connectivity index (χ0v) is 14.6. The average molecular weight is 339 g/mol. The van der Waals surface area contributed by atoms with Crippen molar-refractivity contribution in [1.29, 1.82) is 0 Å². The summed E-state index contributed by atoms with van der Waals surface area (Å²) in [5, 5.41) is 20.6. The maximum absolute atomic E-state index is 12.7. The lowest BCUT2D eigenvalue weighted by molar-refractivity contribution is 0.0460. The molecule has 1 unspecified atom stereocenters. The van der Waals surface area contributed by atoms with Crippen LogP contribution in [0.25, 0.3) is 0 Å². The van der Waals surface area contributed by atoms with Gasteiger partial charge in [0.2, 0.25) is 0 Å². The number of carbonyl (C=O) groups is 1. The molecule has 2 aromatic rings. The summed E-state index contributed by atoms with van der Waals surface area (Å²) in [6, 6.07) is 14.9.